The van der Waals surface area contributed by atoms with Gasteiger partial charge in [0, 0.05) is 18.4 Å². The number of amides is 1. The van der Waals surface area contributed by atoms with Gasteiger partial charge in [0.2, 0.25) is 0 Å². The molecule has 1 saturated heterocycles. The number of carbonyl (C=O) groups is 1. The molecule has 2 atom stereocenters. The molecule has 1 aromatic carbocycles. The molecule has 1 amide bonds. The van der Waals surface area contributed by atoms with Crippen molar-refractivity contribution in [2.45, 2.75) is 36.8 Å². The first-order valence-electron chi connectivity index (χ1n) is 6.60. The zero-order chi connectivity index (χ0) is 14.8. The van der Waals surface area contributed by atoms with Crippen molar-refractivity contribution < 1.29 is 17.9 Å². The molecular formula is C14H19NO4S. The van der Waals surface area contributed by atoms with Gasteiger partial charge >= 0.3 is 0 Å². The molecule has 2 unspecified atom stereocenters. The fourth-order valence-corrected chi connectivity index (χ4v) is 2.86. The first-order chi connectivity index (χ1) is 9.38. The molecular weight excluding hydrogens is 278 g/mol. The van der Waals surface area contributed by atoms with Gasteiger partial charge in [-0.25, -0.2) is 8.42 Å². The van der Waals surface area contributed by atoms with Crippen LogP contribution in [0.3, 0.4) is 0 Å². The predicted molar refractivity (Wildman–Crippen MR) is 75.5 cm³/mol. The maximum absolute atomic E-state index is 12.1. The Bertz CT molecular complexity index is 574. The van der Waals surface area contributed by atoms with Crippen LogP contribution in [0.15, 0.2) is 29.2 Å². The molecule has 20 heavy (non-hydrogen) atoms. The first-order valence-corrected chi connectivity index (χ1v) is 8.49. The van der Waals surface area contributed by atoms with Crippen LogP contribution in [0.2, 0.25) is 0 Å². The number of benzene rings is 1. The Balaban J connectivity index is 2.02. The molecule has 1 aliphatic heterocycles. The Labute approximate surface area is 119 Å². The molecule has 2 rings (SSSR count). The van der Waals surface area contributed by atoms with E-state index in [1.165, 1.54) is 24.3 Å². The quantitative estimate of drug-likeness (QED) is 0.911. The Morgan fingerprint density at radius 2 is 2.00 bits per heavy atom. The van der Waals surface area contributed by atoms with E-state index in [0.29, 0.717) is 5.56 Å². The third-order valence-corrected chi connectivity index (χ3v) is 4.55. The highest BCUT2D eigenvalue weighted by atomic mass is 32.2. The molecule has 0 radical (unpaired) electrons. The number of nitrogens with one attached hydrogen (secondary N) is 1. The average Bonchev–Trinajstić information content (AvgIpc) is 2.91. The van der Waals surface area contributed by atoms with E-state index >= 15 is 0 Å². The lowest BCUT2D eigenvalue weighted by molar-refractivity contribution is 0.0712. The summed E-state index contributed by atoms with van der Waals surface area (Å²) >= 11 is 0. The third-order valence-electron chi connectivity index (χ3n) is 3.43. The van der Waals surface area contributed by atoms with Gasteiger partial charge in [-0.05, 0) is 44.0 Å². The lowest BCUT2D eigenvalue weighted by Gasteiger charge is -2.20. The van der Waals surface area contributed by atoms with Crippen molar-refractivity contribution in [3.05, 3.63) is 29.8 Å². The summed E-state index contributed by atoms with van der Waals surface area (Å²) in [5.41, 5.74) is 0.447. The number of rotatable bonds is 4. The second-order valence-electron chi connectivity index (χ2n) is 5.11. The lowest BCUT2D eigenvalue weighted by Crippen LogP contribution is -2.40. The molecule has 5 nitrogen and oxygen atoms in total. The maximum atomic E-state index is 12.1. The van der Waals surface area contributed by atoms with Crippen molar-refractivity contribution in [1.82, 2.24) is 5.32 Å². The van der Waals surface area contributed by atoms with E-state index in [1.807, 2.05) is 6.92 Å². The summed E-state index contributed by atoms with van der Waals surface area (Å²) in [5, 5.41) is 2.88. The zero-order valence-electron chi connectivity index (χ0n) is 11.6. The molecule has 1 N–H and O–H groups in total. The topological polar surface area (TPSA) is 72.5 Å². The molecule has 0 aromatic heterocycles. The largest absolute Gasteiger partial charge is 0.376 e. The lowest BCUT2D eigenvalue weighted by atomic mass is 10.1. The van der Waals surface area contributed by atoms with Gasteiger partial charge < -0.3 is 10.1 Å². The minimum Gasteiger partial charge on any atom is -0.376 e. The number of sulfone groups is 1. The summed E-state index contributed by atoms with van der Waals surface area (Å²) in [7, 11) is -3.23. The number of carbonyl (C=O) groups excluding carboxylic acids is 1. The summed E-state index contributed by atoms with van der Waals surface area (Å²) in [6.07, 6.45) is 3.18. The van der Waals surface area contributed by atoms with Gasteiger partial charge in [0.15, 0.2) is 9.84 Å². The molecule has 1 heterocycles. The number of hydrogen-bond acceptors (Lipinski definition) is 4. The van der Waals surface area contributed by atoms with E-state index in [9.17, 15) is 13.2 Å². The fraction of sp³-hybridized carbons (Fsp3) is 0.500. The zero-order valence-corrected chi connectivity index (χ0v) is 12.4. The first kappa shape index (κ1) is 15.0. The summed E-state index contributed by atoms with van der Waals surface area (Å²) in [4.78, 5) is 12.3. The average molecular weight is 297 g/mol. The van der Waals surface area contributed by atoms with Crippen LogP contribution < -0.4 is 5.32 Å². The molecule has 0 bridgehead atoms. The Morgan fingerprint density at radius 3 is 2.50 bits per heavy atom. The fourth-order valence-electron chi connectivity index (χ4n) is 2.23. The maximum Gasteiger partial charge on any atom is 0.251 e. The van der Waals surface area contributed by atoms with Crippen LogP contribution in [0.1, 0.15) is 30.1 Å². The summed E-state index contributed by atoms with van der Waals surface area (Å²) in [6.45, 7) is 2.66. The van der Waals surface area contributed by atoms with Crippen LogP contribution in [0.4, 0.5) is 0 Å². The monoisotopic (exact) mass is 297 g/mol. The normalized spacial score (nSPS) is 20.6. The molecule has 1 fully saturated rings. The van der Waals surface area contributed by atoms with E-state index in [1.54, 1.807) is 0 Å². The summed E-state index contributed by atoms with van der Waals surface area (Å²) in [5.74, 6) is -0.215. The minimum absolute atomic E-state index is 0.0559. The highest BCUT2D eigenvalue weighted by Gasteiger charge is 2.24. The molecule has 0 saturated carbocycles. The third kappa shape index (κ3) is 3.58. The molecule has 1 aliphatic rings. The Hall–Kier alpha value is -1.40. The van der Waals surface area contributed by atoms with Crippen LogP contribution in [0.25, 0.3) is 0 Å². The van der Waals surface area contributed by atoms with Crippen molar-refractivity contribution in [2.24, 2.45) is 0 Å². The standard InChI is InChI=1S/C14H19NO4S/c1-10(13-4-3-9-19-13)15-14(16)11-5-7-12(8-6-11)20(2,17)18/h5-8,10,13H,3-4,9H2,1-2H3,(H,15,16). The van der Waals surface area contributed by atoms with Gasteiger partial charge in [-0.15, -0.1) is 0 Å². The van der Waals surface area contributed by atoms with Gasteiger partial charge in [-0.3, -0.25) is 4.79 Å². The van der Waals surface area contributed by atoms with E-state index in [2.05, 4.69) is 5.32 Å². The van der Waals surface area contributed by atoms with Crippen LogP contribution in [0.5, 0.6) is 0 Å². The van der Waals surface area contributed by atoms with Crippen molar-refractivity contribution in [1.29, 1.82) is 0 Å². The van der Waals surface area contributed by atoms with Crippen molar-refractivity contribution >= 4 is 15.7 Å². The van der Waals surface area contributed by atoms with E-state index in [4.69, 9.17) is 4.74 Å². The van der Waals surface area contributed by atoms with Gasteiger partial charge in [0.05, 0.1) is 17.0 Å². The van der Waals surface area contributed by atoms with Crippen LogP contribution in [-0.4, -0.2) is 39.3 Å². The van der Waals surface area contributed by atoms with Crippen LogP contribution >= 0.6 is 0 Å². The van der Waals surface area contributed by atoms with E-state index < -0.39 is 9.84 Å². The minimum atomic E-state index is -3.23. The SMILES string of the molecule is CC(NC(=O)c1ccc(S(C)(=O)=O)cc1)C1CCCO1. The van der Waals surface area contributed by atoms with Crippen LogP contribution in [0, 0.1) is 0 Å². The molecule has 0 aliphatic carbocycles. The smallest absolute Gasteiger partial charge is 0.251 e. The Kier molecular flexibility index (Phi) is 4.45. The van der Waals surface area contributed by atoms with E-state index in [0.717, 1.165) is 25.7 Å². The van der Waals surface area contributed by atoms with Gasteiger partial charge in [0.1, 0.15) is 0 Å². The van der Waals surface area contributed by atoms with Gasteiger partial charge in [0.25, 0.3) is 5.91 Å². The number of ether oxygens (including phenoxy) is 1. The van der Waals surface area contributed by atoms with Crippen molar-refractivity contribution in [3.8, 4) is 0 Å². The molecule has 110 valence electrons. The van der Waals surface area contributed by atoms with Gasteiger partial charge in [-0.2, -0.15) is 0 Å². The predicted octanol–water partition coefficient (Wildman–Crippen LogP) is 1.39. The van der Waals surface area contributed by atoms with Crippen molar-refractivity contribution in [3.63, 3.8) is 0 Å². The summed E-state index contributed by atoms with van der Waals surface area (Å²) in [6, 6.07) is 5.88. The highest BCUT2D eigenvalue weighted by molar-refractivity contribution is 7.90. The van der Waals surface area contributed by atoms with Crippen LogP contribution in [-0.2, 0) is 14.6 Å². The number of hydrogen-bond donors (Lipinski definition) is 1. The second-order valence-corrected chi connectivity index (χ2v) is 7.13. The summed E-state index contributed by atoms with van der Waals surface area (Å²) < 4.78 is 28.2. The molecule has 6 heteroatoms. The Morgan fingerprint density at radius 1 is 1.35 bits per heavy atom. The molecule has 1 aromatic rings. The highest BCUT2D eigenvalue weighted by Crippen LogP contribution is 2.16. The van der Waals surface area contributed by atoms with E-state index in [-0.39, 0.29) is 22.9 Å². The van der Waals surface area contributed by atoms with Gasteiger partial charge in [-0.1, -0.05) is 0 Å². The second kappa shape index (κ2) is 5.93. The van der Waals surface area contributed by atoms with Crippen molar-refractivity contribution in [2.75, 3.05) is 12.9 Å². The molecule has 0 spiro atoms.